The molecule has 7 heteroatoms. The molecule has 6 nitrogen and oxygen atoms in total. The molecule has 3 rings (SSSR count). The van der Waals surface area contributed by atoms with E-state index in [2.05, 4.69) is 0 Å². The second kappa shape index (κ2) is 7.66. The summed E-state index contributed by atoms with van der Waals surface area (Å²) in [5.74, 6) is -0.619. The van der Waals surface area contributed by atoms with Gasteiger partial charge in [0.15, 0.2) is 11.9 Å². The van der Waals surface area contributed by atoms with E-state index in [9.17, 15) is 18.0 Å². The van der Waals surface area contributed by atoms with Gasteiger partial charge >= 0.3 is 5.97 Å². The molecule has 0 bridgehead atoms. The predicted molar refractivity (Wildman–Crippen MR) is 91.7 cm³/mol. The number of ketones is 1. The van der Waals surface area contributed by atoms with Crippen LogP contribution in [0.15, 0.2) is 29.2 Å². The molecular formula is C18H23NO5S. The summed E-state index contributed by atoms with van der Waals surface area (Å²) in [4.78, 5) is 24.1. The van der Waals surface area contributed by atoms with Gasteiger partial charge in [-0.25, -0.2) is 13.2 Å². The Balaban J connectivity index is 1.69. The monoisotopic (exact) mass is 365 g/mol. The number of sulfonamides is 1. The smallest absolute Gasteiger partial charge is 0.338 e. The number of hydrogen-bond acceptors (Lipinski definition) is 5. The highest BCUT2D eigenvalue weighted by Crippen LogP contribution is 2.22. The van der Waals surface area contributed by atoms with Gasteiger partial charge in [-0.2, -0.15) is 4.31 Å². The van der Waals surface area contributed by atoms with Crippen LogP contribution in [0, 0.1) is 0 Å². The Morgan fingerprint density at radius 1 is 1.00 bits per heavy atom. The van der Waals surface area contributed by atoms with E-state index in [-0.39, 0.29) is 16.2 Å². The lowest BCUT2D eigenvalue weighted by Crippen LogP contribution is -2.35. The molecule has 0 aromatic heterocycles. The molecule has 25 heavy (non-hydrogen) atoms. The summed E-state index contributed by atoms with van der Waals surface area (Å²) in [5.41, 5.74) is 0.260. The maximum Gasteiger partial charge on any atom is 0.338 e. The summed E-state index contributed by atoms with van der Waals surface area (Å²) in [6, 6.07) is 5.77. The number of carbonyl (C=O) groups is 2. The fourth-order valence-electron chi connectivity index (χ4n) is 3.29. The Kier molecular flexibility index (Phi) is 5.54. The van der Waals surface area contributed by atoms with Gasteiger partial charge in [0.1, 0.15) is 0 Å². The molecule has 2 aliphatic rings. The quantitative estimate of drug-likeness (QED) is 0.766. The van der Waals surface area contributed by atoms with Gasteiger partial charge in [0.2, 0.25) is 10.0 Å². The SMILES string of the molecule is O=C(O[C@@H]1CCCCC1=O)c1ccc(S(=O)(=O)N2CCCCC2)cc1. The average molecular weight is 365 g/mol. The van der Waals surface area contributed by atoms with Crippen LogP contribution in [0.25, 0.3) is 0 Å². The van der Waals surface area contributed by atoms with Crippen LogP contribution in [0.5, 0.6) is 0 Å². The van der Waals surface area contributed by atoms with Gasteiger partial charge in [0.25, 0.3) is 0 Å². The number of nitrogens with zero attached hydrogens (tertiary/aromatic N) is 1. The van der Waals surface area contributed by atoms with Crippen molar-refractivity contribution in [3.05, 3.63) is 29.8 Å². The molecule has 1 atom stereocenters. The van der Waals surface area contributed by atoms with Gasteiger partial charge in [-0.3, -0.25) is 4.79 Å². The zero-order chi connectivity index (χ0) is 17.9. The number of carbonyl (C=O) groups excluding carboxylic acids is 2. The largest absolute Gasteiger partial charge is 0.451 e. The Morgan fingerprint density at radius 3 is 2.32 bits per heavy atom. The molecule has 1 aromatic carbocycles. The van der Waals surface area contributed by atoms with E-state index in [0.717, 1.165) is 32.1 Å². The zero-order valence-electron chi connectivity index (χ0n) is 14.1. The van der Waals surface area contributed by atoms with Crippen LogP contribution in [0.3, 0.4) is 0 Å². The molecule has 0 unspecified atom stereocenters. The van der Waals surface area contributed by atoms with Crippen molar-refractivity contribution in [1.82, 2.24) is 4.31 Å². The fraction of sp³-hybridized carbons (Fsp3) is 0.556. The van der Waals surface area contributed by atoms with Gasteiger partial charge < -0.3 is 4.74 Å². The standard InChI is InChI=1S/C18H23NO5S/c20-16-6-2-3-7-17(16)24-18(21)14-8-10-15(11-9-14)25(22,23)19-12-4-1-5-13-19/h8-11,17H,1-7,12-13H2/t17-/m1/s1. The number of benzene rings is 1. The van der Waals surface area contributed by atoms with Crippen LogP contribution >= 0.6 is 0 Å². The molecule has 1 heterocycles. The number of hydrogen-bond donors (Lipinski definition) is 0. The minimum Gasteiger partial charge on any atom is -0.451 e. The van der Waals surface area contributed by atoms with Gasteiger partial charge in [-0.05, 0) is 56.4 Å². The van der Waals surface area contributed by atoms with Gasteiger partial charge in [0.05, 0.1) is 10.5 Å². The van der Waals surface area contributed by atoms with Crippen molar-refractivity contribution in [3.63, 3.8) is 0 Å². The van der Waals surface area contributed by atoms with E-state index in [1.165, 1.54) is 28.6 Å². The third-order valence-electron chi connectivity index (χ3n) is 4.79. The Morgan fingerprint density at radius 2 is 1.68 bits per heavy atom. The van der Waals surface area contributed by atoms with Crippen molar-refractivity contribution in [2.45, 2.75) is 55.9 Å². The summed E-state index contributed by atoms with van der Waals surface area (Å²) >= 11 is 0. The van der Waals surface area contributed by atoms with Crippen molar-refractivity contribution in [2.24, 2.45) is 0 Å². The molecule has 1 aliphatic carbocycles. The Bertz CT molecular complexity index is 735. The highest BCUT2D eigenvalue weighted by molar-refractivity contribution is 7.89. The maximum absolute atomic E-state index is 12.6. The van der Waals surface area contributed by atoms with Crippen LogP contribution in [0.2, 0.25) is 0 Å². The molecule has 1 aromatic rings. The van der Waals surface area contributed by atoms with E-state index in [1.807, 2.05) is 0 Å². The first kappa shape index (κ1) is 18.1. The summed E-state index contributed by atoms with van der Waals surface area (Å²) in [6.45, 7) is 1.08. The van der Waals surface area contributed by atoms with Crippen molar-refractivity contribution >= 4 is 21.8 Å². The van der Waals surface area contributed by atoms with Crippen LogP contribution in [0.1, 0.15) is 55.3 Å². The second-order valence-electron chi connectivity index (χ2n) is 6.60. The minimum absolute atomic E-state index is 0.0381. The third kappa shape index (κ3) is 4.10. The number of ether oxygens (including phenoxy) is 1. The lowest BCUT2D eigenvalue weighted by atomic mass is 9.96. The number of Topliss-reactive ketones (excluding diaryl/α,β-unsaturated/α-hetero) is 1. The van der Waals surface area contributed by atoms with Crippen molar-refractivity contribution in [1.29, 1.82) is 0 Å². The highest BCUT2D eigenvalue weighted by Gasteiger charge is 2.28. The van der Waals surface area contributed by atoms with Gasteiger partial charge in [-0.15, -0.1) is 0 Å². The summed E-state index contributed by atoms with van der Waals surface area (Å²) in [5, 5.41) is 0. The number of piperidine rings is 1. The highest BCUT2D eigenvalue weighted by atomic mass is 32.2. The Hall–Kier alpha value is -1.73. The van der Waals surface area contributed by atoms with E-state index in [4.69, 9.17) is 4.74 Å². The minimum atomic E-state index is -3.51. The Labute approximate surface area is 148 Å². The molecule has 0 spiro atoms. The molecule has 1 saturated carbocycles. The van der Waals surface area contributed by atoms with Crippen LogP contribution in [-0.2, 0) is 19.6 Å². The van der Waals surface area contributed by atoms with Crippen molar-refractivity contribution < 1.29 is 22.7 Å². The maximum atomic E-state index is 12.6. The summed E-state index contributed by atoms with van der Waals surface area (Å²) in [7, 11) is -3.51. The van der Waals surface area contributed by atoms with Crippen molar-refractivity contribution in [2.75, 3.05) is 13.1 Å². The molecule has 0 amide bonds. The normalized spacial score (nSPS) is 22.6. The van der Waals surface area contributed by atoms with E-state index in [0.29, 0.717) is 25.9 Å². The number of esters is 1. The van der Waals surface area contributed by atoms with Crippen LogP contribution < -0.4 is 0 Å². The van der Waals surface area contributed by atoms with Crippen LogP contribution in [-0.4, -0.2) is 43.7 Å². The fourth-order valence-corrected chi connectivity index (χ4v) is 4.81. The molecule has 0 N–H and O–H groups in total. The van der Waals surface area contributed by atoms with E-state index < -0.39 is 22.1 Å². The average Bonchev–Trinajstić information content (AvgIpc) is 2.64. The third-order valence-corrected chi connectivity index (χ3v) is 6.70. The lowest BCUT2D eigenvalue weighted by molar-refractivity contribution is -0.129. The van der Waals surface area contributed by atoms with Gasteiger partial charge in [-0.1, -0.05) is 6.42 Å². The second-order valence-corrected chi connectivity index (χ2v) is 8.53. The zero-order valence-corrected chi connectivity index (χ0v) is 15.0. The van der Waals surface area contributed by atoms with Crippen molar-refractivity contribution in [3.8, 4) is 0 Å². The molecule has 0 radical (unpaired) electrons. The lowest BCUT2D eigenvalue weighted by Gasteiger charge is -2.25. The van der Waals surface area contributed by atoms with E-state index >= 15 is 0 Å². The van der Waals surface area contributed by atoms with E-state index in [1.54, 1.807) is 0 Å². The first-order valence-electron chi connectivity index (χ1n) is 8.82. The number of rotatable bonds is 4. The first-order valence-corrected chi connectivity index (χ1v) is 10.3. The molecule has 1 saturated heterocycles. The predicted octanol–water partition coefficient (Wildman–Crippen LogP) is 2.53. The van der Waals surface area contributed by atoms with Crippen LogP contribution in [0.4, 0.5) is 0 Å². The molecule has 2 fully saturated rings. The molecule has 1 aliphatic heterocycles. The van der Waals surface area contributed by atoms with Gasteiger partial charge in [0, 0.05) is 19.5 Å². The first-order chi connectivity index (χ1) is 12.0. The summed E-state index contributed by atoms with van der Waals surface area (Å²) in [6.07, 6.45) is 4.86. The molecular weight excluding hydrogens is 342 g/mol. The topological polar surface area (TPSA) is 80.8 Å². The summed E-state index contributed by atoms with van der Waals surface area (Å²) < 4.78 is 32.0. The molecule has 136 valence electrons.